The van der Waals surface area contributed by atoms with Gasteiger partial charge in [-0.25, -0.2) is 0 Å². The summed E-state index contributed by atoms with van der Waals surface area (Å²) in [5.41, 5.74) is 2.77. The third-order valence-electron chi connectivity index (χ3n) is 2.70. The van der Waals surface area contributed by atoms with E-state index in [4.69, 9.17) is 4.74 Å². The van der Waals surface area contributed by atoms with E-state index < -0.39 is 0 Å². The summed E-state index contributed by atoms with van der Waals surface area (Å²) in [6.07, 6.45) is 3.17. The van der Waals surface area contributed by atoms with Crippen LogP contribution in [0.1, 0.15) is 26.3 Å². The molecule has 1 heterocycles. The van der Waals surface area contributed by atoms with E-state index in [2.05, 4.69) is 38.0 Å². The van der Waals surface area contributed by atoms with Crippen LogP contribution in [-0.4, -0.2) is 12.1 Å². The highest BCUT2D eigenvalue weighted by Gasteiger charge is 2.15. The van der Waals surface area contributed by atoms with Gasteiger partial charge in [-0.15, -0.1) is 0 Å². The number of rotatable bonds is 2. The van der Waals surface area contributed by atoms with Crippen LogP contribution in [0.5, 0.6) is 5.75 Å². The zero-order valence-electron chi connectivity index (χ0n) is 10.4. The van der Waals surface area contributed by atoms with Gasteiger partial charge in [0.05, 0.1) is 12.6 Å². The van der Waals surface area contributed by atoms with Gasteiger partial charge in [0.2, 0.25) is 0 Å². The molecule has 2 heteroatoms. The zero-order valence-corrected chi connectivity index (χ0v) is 10.4. The van der Waals surface area contributed by atoms with Crippen molar-refractivity contribution in [2.75, 3.05) is 7.11 Å². The van der Waals surface area contributed by atoms with Crippen molar-refractivity contribution in [1.82, 2.24) is 4.98 Å². The third kappa shape index (κ3) is 2.06. The molecular formula is C14H19NO. The van der Waals surface area contributed by atoms with Crippen LogP contribution in [0.15, 0.2) is 24.4 Å². The van der Waals surface area contributed by atoms with E-state index in [0.717, 1.165) is 17.7 Å². The van der Waals surface area contributed by atoms with Gasteiger partial charge in [0.25, 0.3) is 0 Å². The Kier molecular flexibility index (Phi) is 2.66. The Balaban J connectivity index is 2.49. The Morgan fingerprint density at radius 1 is 1.25 bits per heavy atom. The monoisotopic (exact) mass is 217 g/mol. The van der Waals surface area contributed by atoms with Gasteiger partial charge < -0.3 is 9.72 Å². The summed E-state index contributed by atoms with van der Waals surface area (Å²) < 4.78 is 5.34. The van der Waals surface area contributed by atoms with Gasteiger partial charge in [-0.1, -0.05) is 32.9 Å². The molecule has 86 valence electrons. The quantitative estimate of drug-likeness (QED) is 0.814. The summed E-state index contributed by atoms with van der Waals surface area (Å²) in [5, 5.41) is 1.27. The SMILES string of the molecule is COc1cccc2c(CC(C)(C)C)c[nH]c12. The van der Waals surface area contributed by atoms with Gasteiger partial charge in [0, 0.05) is 11.6 Å². The van der Waals surface area contributed by atoms with Crippen LogP contribution in [0.2, 0.25) is 0 Å². The lowest BCUT2D eigenvalue weighted by molar-refractivity contribution is 0.412. The number of benzene rings is 1. The van der Waals surface area contributed by atoms with Gasteiger partial charge in [-0.2, -0.15) is 0 Å². The molecule has 2 nitrogen and oxygen atoms in total. The van der Waals surface area contributed by atoms with Gasteiger partial charge in [0.15, 0.2) is 0 Å². The molecule has 1 aromatic carbocycles. The number of aromatic amines is 1. The van der Waals surface area contributed by atoms with E-state index in [0.29, 0.717) is 5.41 Å². The number of fused-ring (bicyclic) bond motifs is 1. The normalized spacial score (nSPS) is 12.0. The number of ether oxygens (including phenoxy) is 1. The van der Waals surface area contributed by atoms with Crippen molar-refractivity contribution in [2.45, 2.75) is 27.2 Å². The van der Waals surface area contributed by atoms with Crippen molar-refractivity contribution in [3.63, 3.8) is 0 Å². The van der Waals surface area contributed by atoms with Gasteiger partial charge >= 0.3 is 0 Å². The lowest BCUT2D eigenvalue weighted by Crippen LogP contribution is -2.08. The molecular weight excluding hydrogens is 198 g/mol. The van der Waals surface area contributed by atoms with Crippen LogP contribution in [0, 0.1) is 5.41 Å². The largest absolute Gasteiger partial charge is 0.495 e. The fourth-order valence-corrected chi connectivity index (χ4v) is 2.07. The second-order valence-corrected chi connectivity index (χ2v) is 5.43. The molecule has 0 fully saturated rings. The van der Waals surface area contributed by atoms with E-state index in [-0.39, 0.29) is 0 Å². The molecule has 0 aliphatic heterocycles. The number of H-pyrrole nitrogens is 1. The van der Waals surface area contributed by atoms with E-state index in [1.54, 1.807) is 7.11 Å². The van der Waals surface area contributed by atoms with Crippen molar-refractivity contribution >= 4 is 10.9 Å². The molecule has 0 bridgehead atoms. The molecule has 1 aromatic heterocycles. The molecule has 0 atom stereocenters. The van der Waals surface area contributed by atoms with E-state index in [1.807, 2.05) is 12.1 Å². The summed E-state index contributed by atoms with van der Waals surface area (Å²) in [6, 6.07) is 6.18. The predicted molar refractivity (Wildman–Crippen MR) is 68.0 cm³/mol. The lowest BCUT2D eigenvalue weighted by atomic mass is 9.88. The molecule has 0 spiro atoms. The molecule has 2 rings (SSSR count). The summed E-state index contributed by atoms with van der Waals surface area (Å²) in [5.74, 6) is 0.914. The minimum Gasteiger partial charge on any atom is -0.495 e. The molecule has 0 amide bonds. The van der Waals surface area contributed by atoms with Crippen molar-refractivity contribution in [3.05, 3.63) is 30.0 Å². The highest BCUT2D eigenvalue weighted by atomic mass is 16.5. The zero-order chi connectivity index (χ0) is 11.8. The maximum absolute atomic E-state index is 5.34. The smallest absolute Gasteiger partial charge is 0.142 e. The van der Waals surface area contributed by atoms with Crippen LogP contribution < -0.4 is 4.74 Å². The Labute approximate surface area is 96.6 Å². The summed E-state index contributed by atoms with van der Waals surface area (Å²) in [7, 11) is 1.71. The Morgan fingerprint density at radius 2 is 2.00 bits per heavy atom. The molecule has 0 saturated carbocycles. The first-order valence-corrected chi connectivity index (χ1v) is 5.64. The van der Waals surface area contributed by atoms with Crippen LogP contribution in [0.4, 0.5) is 0 Å². The van der Waals surface area contributed by atoms with Crippen LogP contribution >= 0.6 is 0 Å². The van der Waals surface area contributed by atoms with Crippen LogP contribution in [0.25, 0.3) is 10.9 Å². The van der Waals surface area contributed by atoms with E-state index >= 15 is 0 Å². The molecule has 0 aliphatic rings. The molecule has 0 radical (unpaired) electrons. The van der Waals surface area contributed by atoms with Crippen molar-refractivity contribution in [3.8, 4) is 5.75 Å². The van der Waals surface area contributed by atoms with Gasteiger partial charge in [-0.05, 0) is 23.5 Å². The second kappa shape index (κ2) is 3.85. The number of methoxy groups -OCH3 is 1. The molecule has 0 aliphatic carbocycles. The second-order valence-electron chi connectivity index (χ2n) is 5.43. The number of aromatic nitrogens is 1. The first kappa shape index (κ1) is 11.1. The summed E-state index contributed by atoms with van der Waals surface area (Å²) >= 11 is 0. The topological polar surface area (TPSA) is 25.0 Å². The Morgan fingerprint density at radius 3 is 2.62 bits per heavy atom. The first-order chi connectivity index (χ1) is 7.51. The summed E-state index contributed by atoms with van der Waals surface area (Å²) in [6.45, 7) is 6.77. The van der Waals surface area contributed by atoms with Crippen molar-refractivity contribution in [1.29, 1.82) is 0 Å². The standard InChI is InChI=1S/C14H19NO/c1-14(2,3)8-10-9-15-13-11(10)6-5-7-12(13)16-4/h5-7,9,15H,8H2,1-4H3. The number of hydrogen-bond donors (Lipinski definition) is 1. The predicted octanol–water partition coefficient (Wildman–Crippen LogP) is 3.77. The highest BCUT2D eigenvalue weighted by Crippen LogP contribution is 2.30. The fraction of sp³-hybridized carbons (Fsp3) is 0.429. The van der Waals surface area contributed by atoms with Crippen molar-refractivity contribution in [2.24, 2.45) is 5.41 Å². The maximum atomic E-state index is 5.34. The molecule has 1 N–H and O–H groups in total. The van der Waals surface area contributed by atoms with E-state index in [1.165, 1.54) is 10.9 Å². The molecule has 0 unspecified atom stereocenters. The fourth-order valence-electron chi connectivity index (χ4n) is 2.07. The minimum absolute atomic E-state index is 0.304. The Bertz CT molecular complexity index is 491. The van der Waals surface area contributed by atoms with Gasteiger partial charge in [0.1, 0.15) is 5.75 Å². The Hall–Kier alpha value is -1.44. The van der Waals surface area contributed by atoms with Crippen LogP contribution in [0.3, 0.4) is 0 Å². The average molecular weight is 217 g/mol. The highest BCUT2D eigenvalue weighted by molar-refractivity contribution is 5.88. The number of hydrogen-bond acceptors (Lipinski definition) is 1. The molecule has 0 saturated heterocycles. The number of para-hydroxylation sites is 1. The van der Waals surface area contributed by atoms with Gasteiger partial charge in [-0.3, -0.25) is 0 Å². The van der Waals surface area contributed by atoms with E-state index in [9.17, 15) is 0 Å². The van der Waals surface area contributed by atoms with Crippen molar-refractivity contribution < 1.29 is 4.74 Å². The van der Waals surface area contributed by atoms with Crippen LogP contribution in [-0.2, 0) is 6.42 Å². The maximum Gasteiger partial charge on any atom is 0.142 e. The average Bonchev–Trinajstić information content (AvgIpc) is 2.59. The molecule has 16 heavy (non-hydrogen) atoms. The minimum atomic E-state index is 0.304. The lowest BCUT2D eigenvalue weighted by Gasteiger charge is -2.17. The summed E-state index contributed by atoms with van der Waals surface area (Å²) in [4.78, 5) is 3.31. The molecule has 2 aromatic rings. The third-order valence-corrected chi connectivity index (χ3v) is 2.70. The first-order valence-electron chi connectivity index (χ1n) is 5.64. The number of nitrogens with one attached hydrogen (secondary N) is 1.